The largest absolute Gasteiger partial charge is 0.454 e. The SMILES string of the molecule is Cc1cc2c(cc1S(=O)(=O)Oc1ccc(C(=O)NN)cc1)OCO2. The van der Waals surface area contributed by atoms with E-state index in [2.05, 4.69) is 0 Å². The maximum atomic E-state index is 12.5. The summed E-state index contributed by atoms with van der Waals surface area (Å²) in [5, 5.41) is 0. The first-order valence-electron chi connectivity index (χ1n) is 6.86. The smallest absolute Gasteiger partial charge is 0.339 e. The Bertz CT molecular complexity index is 893. The van der Waals surface area contributed by atoms with Gasteiger partial charge in [-0.05, 0) is 42.8 Å². The molecule has 3 rings (SSSR count). The molecule has 8 nitrogen and oxygen atoms in total. The van der Waals surface area contributed by atoms with Crippen molar-refractivity contribution in [2.24, 2.45) is 5.84 Å². The molecule has 1 heterocycles. The van der Waals surface area contributed by atoms with Crippen LogP contribution in [0.3, 0.4) is 0 Å². The Labute approximate surface area is 138 Å². The molecule has 1 aliphatic heterocycles. The highest BCUT2D eigenvalue weighted by molar-refractivity contribution is 7.87. The molecule has 9 heteroatoms. The number of hydrazine groups is 1. The number of amides is 1. The van der Waals surface area contributed by atoms with E-state index in [1.54, 1.807) is 13.0 Å². The van der Waals surface area contributed by atoms with Gasteiger partial charge in [-0.1, -0.05) is 0 Å². The zero-order valence-electron chi connectivity index (χ0n) is 12.6. The van der Waals surface area contributed by atoms with E-state index < -0.39 is 16.0 Å². The van der Waals surface area contributed by atoms with Crippen molar-refractivity contribution in [3.63, 3.8) is 0 Å². The van der Waals surface area contributed by atoms with Crippen LogP contribution in [-0.2, 0) is 10.1 Å². The summed E-state index contributed by atoms with van der Waals surface area (Å²) in [7, 11) is -4.07. The Morgan fingerprint density at radius 3 is 2.42 bits per heavy atom. The minimum Gasteiger partial charge on any atom is -0.454 e. The third kappa shape index (κ3) is 2.99. The van der Waals surface area contributed by atoms with Gasteiger partial charge in [0.1, 0.15) is 10.6 Å². The van der Waals surface area contributed by atoms with E-state index >= 15 is 0 Å². The third-order valence-electron chi connectivity index (χ3n) is 3.39. The quantitative estimate of drug-likeness (QED) is 0.367. The van der Waals surface area contributed by atoms with Gasteiger partial charge in [-0.2, -0.15) is 8.42 Å². The van der Waals surface area contributed by atoms with Gasteiger partial charge in [0.25, 0.3) is 5.91 Å². The summed E-state index contributed by atoms with van der Waals surface area (Å²) in [5.74, 6) is 5.45. The number of hydrogen-bond acceptors (Lipinski definition) is 7. The summed E-state index contributed by atoms with van der Waals surface area (Å²) in [6.45, 7) is 1.68. The summed E-state index contributed by atoms with van der Waals surface area (Å²) in [6, 6.07) is 8.48. The lowest BCUT2D eigenvalue weighted by atomic mass is 10.2. The lowest BCUT2D eigenvalue weighted by Crippen LogP contribution is -2.29. The molecule has 0 atom stereocenters. The van der Waals surface area contributed by atoms with Crippen molar-refractivity contribution in [1.29, 1.82) is 0 Å². The fraction of sp³-hybridized carbons (Fsp3) is 0.133. The first-order valence-corrected chi connectivity index (χ1v) is 8.27. The topological polar surface area (TPSA) is 117 Å². The van der Waals surface area contributed by atoms with Crippen LogP contribution in [-0.4, -0.2) is 21.1 Å². The molecule has 2 aromatic carbocycles. The molecular weight excluding hydrogens is 336 g/mol. The van der Waals surface area contributed by atoms with Crippen molar-refractivity contribution in [2.75, 3.05) is 6.79 Å². The molecular formula is C15H14N2O6S. The van der Waals surface area contributed by atoms with Crippen molar-refractivity contribution in [2.45, 2.75) is 11.8 Å². The fourth-order valence-electron chi connectivity index (χ4n) is 2.21. The Balaban J connectivity index is 1.88. The van der Waals surface area contributed by atoms with E-state index in [0.29, 0.717) is 17.1 Å². The maximum Gasteiger partial charge on any atom is 0.339 e. The van der Waals surface area contributed by atoms with Crippen LogP contribution in [0.5, 0.6) is 17.2 Å². The molecule has 0 aliphatic carbocycles. The summed E-state index contributed by atoms with van der Waals surface area (Å²) in [5.41, 5.74) is 2.73. The average molecular weight is 350 g/mol. The lowest BCUT2D eigenvalue weighted by Gasteiger charge is -2.10. The van der Waals surface area contributed by atoms with Gasteiger partial charge in [0.15, 0.2) is 11.5 Å². The van der Waals surface area contributed by atoms with Crippen molar-refractivity contribution in [1.82, 2.24) is 5.43 Å². The second kappa shape index (κ2) is 6.02. The molecule has 0 radical (unpaired) electrons. The molecule has 0 unspecified atom stereocenters. The molecule has 0 fully saturated rings. The number of hydrogen-bond donors (Lipinski definition) is 2. The van der Waals surface area contributed by atoms with Crippen molar-refractivity contribution in [3.8, 4) is 17.2 Å². The van der Waals surface area contributed by atoms with Crippen LogP contribution in [0.2, 0.25) is 0 Å². The molecule has 1 amide bonds. The Morgan fingerprint density at radius 1 is 1.17 bits per heavy atom. The molecule has 24 heavy (non-hydrogen) atoms. The number of carbonyl (C=O) groups is 1. The van der Waals surface area contributed by atoms with Crippen LogP contribution in [0.25, 0.3) is 0 Å². The molecule has 0 saturated carbocycles. The zero-order valence-corrected chi connectivity index (χ0v) is 13.4. The second-order valence-corrected chi connectivity index (χ2v) is 6.52. The number of carbonyl (C=O) groups excluding carboxylic acids is 1. The second-order valence-electron chi connectivity index (χ2n) is 5.01. The highest BCUT2D eigenvalue weighted by Gasteiger charge is 2.25. The van der Waals surface area contributed by atoms with Gasteiger partial charge in [-0.15, -0.1) is 0 Å². The van der Waals surface area contributed by atoms with E-state index in [1.807, 2.05) is 5.43 Å². The van der Waals surface area contributed by atoms with Crippen LogP contribution < -0.4 is 24.9 Å². The predicted molar refractivity (Wildman–Crippen MR) is 83.2 cm³/mol. The first-order chi connectivity index (χ1) is 11.4. The minimum atomic E-state index is -4.07. The minimum absolute atomic E-state index is 0.0180. The molecule has 0 aromatic heterocycles. The molecule has 0 spiro atoms. The maximum absolute atomic E-state index is 12.5. The summed E-state index contributed by atoms with van der Waals surface area (Å²) < 4.78 is 40.5. The number of fused-ring (bicyclic) bond motifs is 1. The summed E-state index contributed by atoms with van der Waals surface area (Å²) >= 11 is 0. The number of nitrogen functional groups attached to an aromatic ring is 1. The third-order valence-corrected chi connectivity index (χ3v) is 4.78. The monoisotopic (exact) mass is 350 g/mol. The Morgan fingerprint density at radius 2 is 1.79 bits per heavy atom. The molecule has 0 bridgehead atoms. The predicted octanol–water partition coefficient (Wildman–Crippen LogP) is 1.09. The van der Waals surface area contributed by atoms with Crippen LogP contribution in [0.1, 0.15) is 15.9 Å². The van der Waals surface area contributed by atoms with E-state index in [4.69, 9.17) is 19.5 Å². The summed E-state index contributed by atoms with van der Waals surface area (Å²) in [6.07, 6.45) is 0. The lowest BCUT2D eigenvalue weighted by molar-refractivity contribution is 0.0953. The molecule has 3 N–H and O–H groups in total. The number of rotatable bonds is 4. The van der Waals surface area contributed by atoms with Crippen LogP contribution >= 0.6 is 0 Å². The highest BCUT2D eigenvalue weighted by Crippen LogP contribution is 2.36. The number of nitrogens with two attached hydrogens (primary N) is 1. The Hall–Kier alpha value is -2.78. The van der Waals surface area contributed by atoms with E-state index in [9.17, 15) is 13.2 Å². The van der Waals surface area contributed by atoms with Gasteiger partial charge in [-0.3, -0.25) is 10.2 Å². The first kappa shape index (κ1) is 16.1. The van der Waals surface area contributed by atoms with Crippen molar-refractivity contribution < 1.29 is 26.9 Å². The number of benzene rings is 2. The number of ether oxygens (including phenoxy) is 2. The van der Waals surface area contributed by atoms with Crippen LogP contribution in [0.15, 0.2) is 41.3 Å². The van der Waals surface area contributed by atoms with Gasteiger partial charge in [0.2, 0.25) is 6.79 Å². The summed E-state index contributed by atoms with van der Waals surface area (Å²) in [4.78, 5) is 11.3. The highest BCUT2D eigenvalue weighted by atomic mass is 32.2. The van der Waals surface area contributed by atoms with Gasteiger partial charge in [-0.25, -0.2) is 5.84 Å². The molecule has 2 aromatic rings. The normalized spacial score (nSPS) is 12.8. The van der Waals surface area contributed by atoms with E-state index in [-0.39, 0.29) is 23.0 Å². The van der Waals surface area contributed by atoms with E-state index in [1.165, 1.54) is 30.3 Å². The van der Waals surface area contributed by atoms with Gasteiger partial charge in [0, 0.05) is 11.6 Å². The zero-order chi connectivity index (χ0) is 17.3. The Kier molecular flexibility index (Phi) is 4.04. The van der Waals surface area contributed by atoms with Crippen LogP contribution in [0.4, 0.5) is 0 Å². The number of aryl methyl sites for hydroxylation is 1. The van der Waals surface area contributed by atoms with Gasteiger partial charge < -0.3 is 13.7 Å². The van der Waals surface area contributed by atoms with E-state index in [0.717, 1.165) is 0 Å². The van der Waals surface area contributed by atoms with Gasteiger partial charge in [0.05, 0.1) is 0 Å². The molecule has 1 aliphatic rings. The van der Waals surface area contributed by atoms with Crippen LogP contribution in [0, 0.1) is 6.92 Å². The molecule has 0 saturated heterocycles. The standard InChI is InChI=1S/C15H14N2O6S/c1-9-6-12-13(22-8-21-12)7-14(9)24(19,20)23-11-4-2-10(3-5-11)15(18)17-16/h2-7H,8,16H2,1H3,(H,17,18). The average Bonchev–Trinajstić information content (AvgIpc) is 3.00. The van der Waals surface area contributed by atoms with Crippen molar-refractivity contribution in [3.05, 3.63) is 47.5 Å². The van der Waals surface area contributed by atoms with Gasteiger partial charge >= 0.3 is 10.1 Å². The van der Waals surface area contributed by atoms with Crippen molar-refractivity contribution >= 4 is 16.0 Å². The fourth-order valence-corrected chi connectivity index (χ4v) is 3.37. The number of nitrogens with one attached hydrogen (secondary N) is 1. The molecule has 126 valence electrons.